The van der Waals surface area contributed by atoms with Crippen LogP contribution in [0.2, 0.25) is 0 Å². The van der Waals surface area contributed by atoms with Crippen molar-refractivity contribution in [2.75, 3.05) is 6.54 Å². The normalized spacial score (nSPS) is 12.7. The van der Waals surface area contributed by atoms with Gasteiger partial charge in [-0.1, -0.05) is 19.1 Å². The molecule has 3 rings (SSSR count). The van der Waals surface area contributed by atoms with Crippen LogP contribution in [0.4, 0.5) is 0 Å². The van der Waals surface area contributed by atoms with Gasteiger partial charge in [0.15, 0.2) is 0 Å². The Morgan fingerprint density at radius 2 is 2.05 bits per heavy atom. The lowest BCUT2D eigenvalue weighted by atomic mass is 10.1. The van der Waals surface area contributed by atoms with Gasteiger partial charge in [-0.15, -0.1) is 0 Å². The maximum absolute atomic E-state index is 4.75. The fraction of sp³-hybridized carbons (Fsp3) is 0.250. The second kappa shape index (κ2) is 6.11. The molecule has 20 heavy (non-hydrogen) atoms. The Morgan fingerprint density at radius 1 is 1.20 bits per heavy atom. The van der Waals surface area contributed by atoms with Crippen molar-refractivity contribution in [2.45, 2.75) is 19.4 Å². The van der Waals surface area contributed by atoms with Gasteiger partial charge in [0.1, 0.15) is 0 Å². The lowest BCUT2D eigenvalue weighted by molar-refractivity contribution is 0.537. The van der Waals surface area contributed by atoms with Gasteiger partial charge in [-0.25, -0.2) is 4.98 Å². The van der Waals surface area contributed by atoms with Gasteiger partial charge in [-0.3, -0.25) is 4.98 Å². The van der Waals surface area contributed by atoms with E-state index in [0.717, 1.165) is 29.7 Å². The minimum absolute atomic E-state index is 0.215. The summed E-state index contributed by atoms with van der Waals surface area (Å²) in [5.74, 6) is 0. The number of thiophene rings is 1. The zero-order valence-corrected chi connectivity index (χ0v) is 12.2. The van der Waals surface area contributed by atoms with Gasteiger partial charge in [0.25, 0.3) is 0 Å². The number of hydrogen-bond acceptors (Lipinski definition) is 4. The summed E-state index contributed by atoms with van der Waals surface area (Å²) in [4.78, 5) is 9.27. The van der Waals surface area contributed by atoms with Gasteiger partial charge in [0.05, 0.1) is 29.0 Å². The van der Waals surface area contributed by atoms with Crippen molar-refractivity contribution in [3.05, 3.63) is 58.5 Å². The molecule has 0 aliphatic carbocycles. The summed E-state index contributed by atoms with van der Waals surface area (Å²) in [5, 5.41) is 7.81. The first kappa shape index (κ1) is 13.2. The second-order valence-electron chi connectivity index (χ2n) is 4.73. The Bertz CT molecular complexity index is 679. The van der Waals surface area contributed by atoms with Crippen molar-refractivity contribution in [1.82, 2.24) is 15.3 Å². The van der Waals surface area contributed by atoms with Crippen LogP contribution in [0.1, 0.15) is 24.2 Å². The number of aromatic nitrogens is 2. The molecule has 1 unspecified atom stereocenters. The van der Waals surface area contributed by atoms with Crippen LogP contribution in [0.15, 0.2) is 47.3 Å². The van der Waals surface area contributed by atoms with E-state index in [0.29, 0.717) is 0 Å². The van der Waals surface area contributed by atoms with Crippen LogP contribution < -0.4 is 5.32 Å². The van der Waals surface area contributed by atoms with Gasteiger partial charge in [-0.2, -0.15) is 11.3 Å². The Labute approximate surface area is 122 Å². The zero-order chi connectivity index (χ0) is 13.8. The molecule has 3 aromatic rings. The topological polar surface area (TPSA) is 37.8 Å². The molecule has 2 heterocycles. The van der Waals surface area contributed by atoms with E-state index in [1.54, 1.807) is 11.3 Å². The molecular weight excluding hydrogens is 266 g/mol. The molecular formula is C16H17N3S. The quantitative estimate of drug-likeness (QED) is 0.777. The molecule has 102 valence electrons. The average molecular weight is 283 g/mol. The smallest absolute Gasteiger partial charge is 0.0890 e. The molecule has 4 heteroatoms. The van der Waals surface area contributed by atoms with Crippen LogP contribution in [-0.4, -0.2) is 16.5 Å². The number of likely N-dealkylation sites (N-methyl/N-ethyl adjacent to an activating group) is 1. The highest BCUT2D eigenvalue weighted by atomic mass is 32.1. The molecule has 0 spiro atoms. The average Bonchev–Trinajstić information content (AvgIpc) is 2.99. The van der Waals surface area contributed by atoms with E-state index >= 15 is 0 Å². The molecule has 1 N–H and O–H groups in total. The van der Waals surface area contributed by atoms with Crippen LogP contribution in [0, 0.1) is 0 Å². The lowest BCUT2D eigenvalue weighted by Gasteiger charge is -2.16. The van der Waals surface area contributed by atoms with E-state index in [4.69, 9.17) is 4.98 Å². The van der Waals surface area contributed by atoms with Crippen molar-refractivity contribution < 1.29 is 0 Å². The molecule has 0 radical (unpaired) electrons. The fourth-order valence-electron chi connectivity index (χ4n) is 2.31. The highest BCUT2D eigenvalue weighted by Crippen LogP contribution is 2.20. The fourth-order valence-corrected chi connectivity index (χ4v) is 2.99. The number of nitrogens with one attached hydrogen (secondary N) is 1. The summed E-state index contributed by atoms with van der Waals surface area (Å²) in [7, 11) is 0. The van der Waals surface area contributed by atoms with Crippen LogP contribution in [-0.2, 0) is 6.42 Å². The predicted octanol–water partition coefficient (Wildman–Crippen LogP) is 3.58. The van der Waals surface area contributed by atoms with Gasteiger partial charge in [0, 0.05) is 0 Å². The van der Waals surface area contributed by atoms with Crippen molar-refractivity contribution in [3.8, 4) is 0 Å². The Balaban J connectivity index is 1.91. The van der Waals surface area contributed by atoms with Gasteiger partial charge < -0.3 is 5.32 Å². The second-order valence-corrected chi connectivity index (χ2v) is 5.51. The lowest BCUT2D eigenvalue weighted by Crippen LogP contribution is -2.24. The van der Waals surface area contributed by atoms with Crippen LogP contribution in [0.5, 0.6) is 0 Å². The largest absolute Gasteiger partial charge is 0.309 e. The molecule has 1 aromatic carbocycles. The predicted molar refractivity (Wildman–Crippen MR) is 84.0 cm³/mol. The molecule has 0 amide bonds. The number of fused-ring (bicyclic) bond motifs is 1. The molecule has 3 nitrogen and oxygen atoms in total. The molecule has 0 saturated heterocycles. The molecule has 0 saturated carbocycles. The summed E-state index contributed by atoms with van der Waals surface area (Å²) >= 11 is 1.73. The minimum atomic E-state index is 0.215. The number of benzene rings is 1. The monoisotopic (exact) mass is 283 g/mol. The molecule has 0 aliphatic heterocycles. The highest BCUT2D eigenvalue weighted by molar-refractivity contribution is 7.07. The molecule has 0 fully saturated rings. The van der Waals surface area contributed by atoms with E-state index in [2.05, 4.69) is 34.1 Å². The highest BCUT2D eigenvalue weighted by Gasteiger charge is 2.14. The number of para-hydroxylation sites is 2. The Hall–Kier alpha value is -1.78. The van der Waals surface area contributed by atoms with E-state index in [1.807, 2.05) is 30.5 Å². The van der Waals surface area contributed by atoms with Crippen molar-refractivity contribution in [1.29, 1.82) is 0 Å². The summed E-state index contributed by atoms with van der Waals surface area (Å²) in [6.45, 7) is 3.04. The van der Waals surface area contributed by atoms with Crippen LogP contribution in [0.3, 0.4) is 0 Å². The first-order valence-electron chi connectivity index (χ1n) is 6.83. The summed E-state index contributed by atoms with van der Waals surface area (Å²) < 4.78 is 0. The van der Waals surface area contributed by atoms with E-state index < -0.39 is 0 Å². The van der Waals surface area contributed by atoms with E-state index in [9.17, 15) is 0 Å². The first-order chi connectivity index (χ1) is 9.86. The maximum atomic E-state index is 4.75. The van der Waals surface area contributed by atoms with Gasteiger partial charge >= 0.3 is 0 Å². The zero-order valence-electron chi connectivity index (χ0n) is 11.4. The molecule has 0 aliphatic rings. The Kier molecular flexibility index (Phi) is 4.04. The standard InChI is InChI=1S/C16H17N3S/c1-2-17-15(9-12-7-8-20-11-12)16-10-18-13-5-3-4-6-14(13)19-16/h3-8,10-11,15,17H,2,9H2,1H3. The van der Waals surface area contributed by atoms with Gasteiger partial charge in [-0.05, 0) is 47.5 Å². The molecule has 0 bridgehead atoms. The van der Waals surface area contributed by atoms with Crippen LogP contribution in [0.25, 0.3) is 11.0 Å². The summed E-state index contributed by atoms with van der Waals surface area (Å²) in [6, 6.07) is 10.4. The van der Waals surface area contributed by atoms with Crippen molar-refractivity contribution in [3.63, 3.8) is 0 Å². The number of hydrogen-bond donors (Lipinski definition) is 1. The third-order valence-corrected chi connectivity index (χ3v) is 4.03. The SMILES string of the molecule is CCNC(Cc1ccsc1)c1cnc2ccccc2n1. The number of rotatable bonds is 5. The minimum Gasteiger partial charge on any atom is -0.309 e. The molecule has 1 atom stereocenters. The summed E-state index contributed by atoms with van der Waals surface area (Å²) in [5.41, 5.74) is 4.26. The van der Waals surface area contributed by atoms with Crippen molar-refractivity contribution >= 4 is 22.4 Å². The van der Waals surface area contributed by atoms with Gasteiger partial charge in [0.2, 0.25) is 0 Å². The van der Waals surface area contributed by atoms with E-state index in [-0.39, 0.29) is 6.04 Å². The van der Waals surface area contributed by atoms with Crippen LogP contribution >= 0.6 is 11.3 Å². The Morgan fingerprint density at radius 3 is 2.80 bits per heavy atom. The third kappa shape index (κ3) is 2.86. The summed E-state index contributed by atoms with van der Waals surface area (Å²) in [6.07, 6.45) is 2.84. The maximum Gasteiger partial charge on any atom is 0.0890 e. The van der Waals surface area contributed by atoms with Crippen molar-refractivity contribution in [2.24, 2.45) is 0 Å². The van der Waals surface area contributed by atoms with E-state index in [1.165, 1.54) is 5.56 Å². The molecule has 2 aromatic heterocycles. The number of nitrogens with zero attached hydrogens (tertiary/aromatic N) is 2. The third-order valence-electron chi connectivity index (χ3n) is 3.29. The first-order valence-corrected chi connectivity index (χ1v) is 7.77.